The van der Waals surface area contributed by atoms with Crippen LogP contribution in [0.5, 0.6) is 5.75 Å². The second kappa shape index (κ2) is 6.50. The van der Waals surface area contributed by atoms with Crippen molar-refractivity contribution in [2.75, 3.05) is 43.5 Å². The fraction of sp³-hybridized carbons (Fsp3) is 0.571. The van der Waals surface area contributed by atoms with Crippen LogP contribution in [-0.4, -0.2) is 32.9 Å². The molecule has 1 heterocycles. The zero-order valence-corrected chi connectivity index (χ0v) is 11.0. The molecule has 100 valence electrons. The highest BCUT2D eigenvalue weighted by atomic mass is 16.5. The molecule has 0 saturated carbocycles. The number of rotatable bonds is 4. The van der Waals surface area contributed by atoms with Crippen molar-refractivity contribution >= 4 is 11.4 Å². The van der Waals surface area contributed by atoms with Crippen LogP contribution in [0, 0.1) is 0 Å². The van der Waals surface area contributed by atoms with E-state index in [9.17, 15) is 0 Å². The Labute approximate surface area is 109 Å². The van der Waals surface area contributed by atoms with Crippen LogP contribution in [0.3, 0.4) is 0 Å². The van der Waals surface area contributed by atoms with Gasteiger partial charge in [0.25, 0.3) is 0 Å². The van der Waals surface area contributed by atoms with Crippen molar-refractivity contribution in [2.45, 2.75) is 19.8 Å². The molecular weight excluding hydrogens is 228 g/mol. The minimum Gasteiger partial charge on any atom is -0.493 e. The molecule has 1 fully saturated rings. The summed E-state index contributed by atoms with van der Waals surface area (Å²) >= 11 is 0. The van der Waals surface area contributed by atoms with E-state index in [1.165, 1.54) is 0 Å². The zero-order valence-electron chi connectivity index (χ0n) is 11.0. The van der Waals surface area contributed by atoms with E-state index in [2.05, 4.69) is 17.9 Å². The van der Waals surface area contributed by atoms with Crippen LogP contribution in [0.15, 0.2) is 18.2 Å². The van der Waals surface area contributed by atoms with Crippen molar-refractivity contribution in [3.63, 3.8) is 0 Å². The standard InChI is InChI=1S/C14H22N2O2/c1-2-6-18-14-10-12(15)9-13(11-14)16-4-3-7-17-8-5-16/h9-11H,2-8,15H2,1H3. The van der Waals surface area contributed by atoms with Crippen LogP contribution < -0.4 is 15.4 Å². The first-order chi connectivity index (χ1) is 8.79. The summed E-state index contributed by atoms with van der Waals surface area (Å²) in [4.78, 5) is 2.31. The number of hydrogen-bond acceptors (Lipinski definition) is 4. The first-order valence-corrected chi connectivity index (χ1v) is 6.65. The van der Waals surface area contributed by atoms with Crippen LogP contribution in [0.4, 0.5) is 11.4 Å². The van der Waals surface area contributed by atoms with E-state index in [1.54, 1.807) is 0 Å². The summed E-state index contributed by atoms with van der Waals surface area (Å²) in [5, 5.41) is 0. The molecule has 2 rings (SSSR count). The lowest BCUT2D eigenvalue weighted by Gasteiger charge is -2.23. The molecular formula is C14H22N2O2. The Balaban J connectivity index is 2.12. The summed E-state index contributed by atoms with van der Waals surface area (Å²) in [5.41, 5.74) is 7.82. The van der Waals surface area contributed by atoms with E-state index in [1.807, 2.05) is 12.1 Å². The van der Waals surface area contributed by atoms with Gasteiger partial charge in [0.1, 0.15) is 5.75 Å². The maximum Gasteiger partial charge on any atom is 0.123 e. The molecule has 1 aromatic rings. The average molecular weight is 250 g/mol. The number of nitrogens with two attached hydrogens (primary N) is 1. The molecule has 0 aliphatic carbocycles. The molecule has 2 N–H and O–H groups in total. The van der Waals surface area contributed by atoms with Gasteiger partial charge in [0.05, 0.1) is 13.2 Å². The van der Waals surface area contributed by atoms with Gasteiger partial charge < -0.3 is 20.1 Å². The SMILES string of the molecule is CCCOc1cc(N)cc(N2CCCOCC2)c1. The summed E-state index contributed by atoms with van der Waals surface area (Å²) in [6.07, 6.45) is 2.06. The van der Waals surface area contributed by atoms with Crippen LogP contribution >= 0.6 is 0 Å². The first kappa shape index (κ1) is 13.0. The van der Waals surface area contributed by atoms with E-state index in [4.69, 9.17) is 15.2 Å². The number of hydrogen-bond donors (Lipinski definition) is 1. The maximum atomic E-state index is 5.94. The Morgan fingerprint density at radius 1 is 1.28 bits per heavy atom. The van der Waals surface area contributed by atoms with Crippen molar-refractivity contribution in [1.29, 1.82) is 0 Å². The van der Waals surface area contributed by atoms with E-state index in [0.717, 1.165) is 62.9 Å². The minimum atomic E-state index is 0.728. The van der Waals surface area contributed by atoms with Crippen molar-refractivity contribution in [3.8, 4) is 5.75 Å². The molecule has 4 nitrogen and oxygen atoms in total. The molecule has 0 atom stereocenters. The molecule has 4 heteroatoms. The van der Waals surface area contributed by atoms with Gasteiger partial charge in [-0.05, 0) is 18.9 Å². The molecule has 18 heavy (non-hydrogen) atoms. The molecule has 0 unspecified atom stereocenters. The second-order valence-corrected chi connectivity index (χ2v) is 4.56. The van der Waals surface area contributed by atoms with Gasteiger partial charge in [0.2, 0.25) is 0 Å². The Kier molecular flexibility index (Phi) is 4.70. The lowest BCUT2D eigenvalue weighted by atomic mass is 10.2. The molecule has 0 spiro atoms. The Morgan fingerprint density at radius 3 is 3.00 bits per heavy atom. The van der Waals surface area contributed by atoms with Gasteiger partial charge in [-0.15, -0.1) is 0 Å². The summed E-state index contributed by atoms with van der Waals surface area (Å²) < 4.78 is 11.1. The third-order valence-electron chi connectivity index (χ3n) is 2.97. The highest BCUT2D eigenvalue weighted by molar-refractivity contribution is 5.60. The molecule has 1 saturated heterocycles. The first-order valence-electron chi connectivity index (χ1n) is 6.65. The fourth-order valence-electron chi connectivity index (χ4n) is 2.10. The lowest BCUT2D eigenvalue weighted by Crippen LogP contribution is -2.25. The summed E-state index contributed by atoms with van der Waals surface area (Å²) in [7, 11) is 0. The Hall–Kier alpha value is -1.42. The predicted molar refractivity (Wildman–Crippen MR) is 74.3 cm³/mol. The average Bonchev–Trinajstić information content (AvgIpc) is 2.64. The summed E-state index contributed by atoms with van der Waals surface area (Å²) in [5.74, 6) is 0.858. The van der Waals surface area contributed by atoms with Crippen molar-refractivity contribution in [1.82, 2.24) is 0 Å². The zero-order chi connectivity index (χ0) is 12.8. The monoisotopic (exact) mass is 250 g/mol. The highest BCUT2D eigenvalue weighted by Gasteiger charge is 2.11. The third kappa shape index (κ3) is 3.53. The number of nitrogen functional groups attached to an aromatic ring is 1. The van der Waals surface area contributed by atoms with Crippen LogP contribution in [0.25, 0.3) is 0 Å². The fourth-order valence-corrected chi connectivity index (χ4v) is 2.10. The van der Waals surface area contributed by atoms with E-state index in [-0.39, 0.29) is 0 Å². The minimum absolute atomic E-state index is 0.728. The Bertz CT molecular complexity index is 374. The molecule has 1 aliphatic rings. The summed E-state index contributed by atoms with van der Waals surface area (Å²) in [6, 6.07) is 5.95. The highest BCUT2D eigenvalue weighted by Crippen LogP contribution is 2.26. The summed E-state index contributed by atoms with van der Waals surface area (Å²) in [6.45, 7) is 6.37. The number of benzene rings is 1. The van der Waals surface area contributed by atoms with Crippen LogP contribution in [0.1, 0.15) is 19.8 Å². The predicted octanol–water partition coefficient (Wildman–Crippen LogP) is 2.28. The second-order valence-electron chi connectivity index (χ2n) is 4.56. The van der Waals surface area contributed by atoms with E-state index in [0.29, 0.717) is 0 Å². The van der Waals surface area contributed by atoms with Gasteiger partial charge in [-0.25, -0.2) is 0 Å². The maximum absolute atomic E-state index is 5.94. The van der Waals surface area contributed by atoms with Gasteiger partial charge in [-0.2, -0.15) is 0 Å². The van der Waals surface area contributed by atoms with Gasteiger partial charge >= 0.3 is 0 Å². The smallest absolute Gasteiger partial charge is 0.123 e. The molecule has 0 radical (unpaired) electrons. The lowest BCUT2D eigenvalue weighted by molar-refractivity contribution is 0.152. The molecule has 1 aliphatic heterocycles. The topological polar surface area (TPSA) is 47.7 Å². The van der Waals surface area contributed by atoms with E-state index < -0.39 is 0 Å². The van der Waals surface area contributed by atoms with Gasteiger partial charge in [-0.3, -0.25) is 0 Å². The molecule has 0 bridgehead atoms. The molecule has 1 aromatic carbocycles. The molecule has 0 aromatic heterocycles. The van der Waals surface area contributed by atoms with E-state index >= 15 is 0 Å². The number of nitrogens with zero attached hydrogens (tertiary/aromatic N) is 1. The largest absolute Gasteiger partial charge is 0.493 e. The van der Waals surface area contributed by atoms with Gasteiger partial charge in [0, 0.05) is 43.2 Å². The Morgan fingerprint density at radius 2 is 2.17 bits per heavy atom. The van der Waals surface area contributed by atoms with Crippen molar-refractivity contribution in [2.24, 2.45) is 0 Å². The quantitative estimate of drug-likeness (QED) is 0.833. The van der Waals surface area contributed by atoms with Crippen molar-refractivity contribution in [3.05, 3.63) is 18.2 Å². The van der Waals surface area contributed by atoms with Crippen molar-refractivity contribution < 1.29 is 9.47 Å². The number of anilines is 2. The number of ether oxygens (including phenoxy) is 2. The van der Waals surface area contributed by atoms with Gasteiger partial charge in [-0.1, -0.05) is 6.92 Å². The normalized spacial score (nSPS) is 16.4. The third-order valence-corrected chi connectivity index (χ3v) is 2.97. The van der Waals surface area contributed by atoms with Gasteiger partial charge in [0.15, 0.2) is 0 Å². The molecule has 0 amide bonds. The van der Waals surface area contributed by atoms with Crippen LogP contribution in [-0.2, 0) is 4.74 Å². The van der Waals surface area contributed by atoms with Crippen LogP contribution in [0.2, 0.25) is 0 Å².